The van der Waals surface area contributed by atoms with Crippen molar-refractivity contribution in [1.82, 2.24) is 9.97 Å². The Labute approximate surface area is 101 Å². The maximum Gasteiger partial charge on any atom is 0.325 e. The second kappa shape index (κ2) is 6.43. The molecule has 1 heterocycles. The lowest BCUT2D eigenvalue weighted by molar-refractivity contribution is -0.0993. The highest BCUT2D eigenvalue weighted by Gasteiger charge is 2.23. The summed E-state index contributed by atoms with van der Waals surface area (Å²) in [4.78, 5) is 26.5. The molecule has 102 valence electrons. The quantitative estimate of drug-likeness (QED) is 0.515. The van der Waals surface area contributed by atoms with Gasteiger partial charge in [0.15, 0.2) is 0 Å². The molecule has 0 radical (unpaired) electrons. The highest BCUT2D eigenvalue weighted by atomic mass is 19.1. The Morgan fingerprint density at radius 2 is 2.17 bits per heavy atom. The molecule has 0 aliphatic heterocycles. The Kier molecular flexibility index (Phi) is 5.20. The Morgan fingerprint density at radius 3 is 2.67 bits per heavy atom. The normalized spacial score (nSPS) is 16.2. The van der Waals surface area contributed by atoms with Crippen LogP contribution in [0.3, 0.4) is 0 Å². The lowest BCUT2D eigenvalue weighted by atomic mass is 10.2. The van der Waals surface area contributed by atoms with E-state index in [2.05, 4.69) is 4.98 Å². The zero-order chi connectivity index (χ0) is 13.7. The number of nitrogens with one attached hydrogen (secondary N) is 2. The van der Waals surface area contributed by atoms with Crippen LogP contribution in [0.2, 0.25) is 0 Å². The molecule has 0 fully saturated rings. The zero-order valence-corrected chi connectivity index (χ0v) is 9.72. The number of halogens is 1. The minimum atomic E-state index is -1.47. The average molecular weight is 262 g/mol. The van der Waals surface area contributed by atoms with E-state index in [1.54, 1.807) is 0 Å². The molecule has 0 saturated carbocycles. The van der Waals surface area contributed by atoms with Crippen molar-refractivity contribution in [3.63, 3.8) is 0 Å². The number of alkyl halides is 1. The van der Waals surface area contributed by atoms with Crippen molar-refractivity contribution >= 4 is 0 Å². The lowest BCUT2D eigenvalue weighted by Gasteiger charge is -2.23. The fourth-order valence-corrected chi connectivity index (χ4v) is 1.41. The van der Waals surface area contributed by atoms with Crippen molar-refractivity contribution < 1.29 is 19.3 Å². The number of aromatic amines is 2. The summed E-state index contributed by atoms with van der Waals surface area (Å²) in [5.41, 5.74) is -1.18. The van der Waals surface area contributed by atoms with Crippen LogP contribution >= 0.6 is 0 Å². The van der Waals surface area contributed by atoms with Gasteiger partial charge >= 0.3 is 5.69 Å². The number of H-pyrrole nitrogens is 2. The summed E-state index contributed by atoms with van der Waals surface area (Å²) in [5.74, 6) is 0. The molecule has 0 bridgehead atoms. The minimum Gasteiger partial charge on any atom is -0.394 e. The molecule has 18 heavy (non-hydrogen) atoms. The van der Waals surface area contributed by atoms with Crippen LogP contribution in [0.15, 0.2) is 15.8 Å². The second-order valence-electron chi connectivity index (χ2n) is 3.75. The van der Waals surface area contributed by atoms with Crippen molar-refractivity contribution in [2.24, 2.45) is 0 Å². The van der Waals surface area contributed by atoms with E-state index < -0.39 is 42.8 Å². The fraction of sp³-hybridized carbons (Fsp3) is 0.600. The number of rotatable bonds is 6. The van der Waals surface area contributed by atoms with Gasteiger partial charge in [0.05, 0.1) is 18.3 Å². The molecule has 0 saturated heterocycles. The first-order valence-electron chi connectivity index (χ1n) is 5.31. The van der Waals surface area contributed by atoms with Gasteiger partial charge in [-0.25, -0.2) is 9.18 Å². The van der Waals surface area contributed by atoms with Crippen LogP contribution in [-0.4, -0.2) is 45.7 Å². The van der Waals surface area contributed by atoms with E-state index >= 15 is 0 Å². The number of aliphatic hydroxyl groups excluding tert-OH is 2. The Bertz CT molecular complexity index is 486. The summed E-state index contributed by atoms with van der Waals surface area (Å²) in [5, 5.41) is 18.2. The van der Waals surface area contributed by atoms with Gasteiger partial charge in [-0.2, -0.15) is 0 Å². The monoisotopic (exact) mass is 262 g/mol. The van der Waals surface area contributed by atoms with E-state index in [1.165, 1.54) is 13.1 Å². The van der Waals surface area contributed by atoms with Gasteiger partial charge < -0.3 is 19.9 Å². The smallest absolute Gasteiger partial charge is 0.325 e. The third kappa shape index (κ3) is 3.49. The fourth-order valence-electron chi connectivity index (χ4n) is 1.41. The van der Waals surface area contributed by atoms with Crippen molar-refractivity contribution in [3.05, 3.63) is 32.6 Å². The van der Waals surface area contributed by atoms with Crippen LogP contribution in [0.4, 0.5) is 4.39 Å². The van der Waals surface area contributed by atoms with Gasteiger partial charge in [0.1, 0.15) is 18.9 Å². The number of aromatic nitrogens is 2. The molecule has 0 amide bonds. The average Bonchev–Trinajstić information content (AvgIpc) is 2.34. The van der Waals surface area contributed by atoms with Gasteiger partial charge in [-0.3, -0.25) is 9.78 Å². The first-order valence-corrected chi connectivity index (χ1v) is 5.31. The number of ether oxygens (including phenoxy) is 1. The summed E-state index contributed by atoms with van der Waals surface area (Å²) in [6.45, 7) is -0.173. The predicted molar refractivity (Wildman–Crippen MR) is 60.0 cm³/mol. The van der Waals surface area contributed by atoms with E-state index in [4.69, 9.17) is 9.84 Å². The van der Waals surface area contributed by atoms with E-state index in [9.17, 15) is 19.1 Å². The molecule has 0 aliphatic carbocycles. The highest BCUT2D eigenvalue weighted by molar-refractivity contribution is 5.06. The number of hydrogen-bond acceptors (Lipinski definition) is 5. The van der Waals surface area contributed by atoms with Crippen LogP contribution in [0.5, 0.6) is 0 Å². The number of aliphatic hydroxyl groups is 2. The summed E-state index contributed by atoms with van der Waals surface area (Å²) >= 11 is 0. The summed E-state index contributed by atoms with van der Waals surface area (Å²) in [6, 6.07) is 0. The van der Waals surface area contributed by atoms with Gasteiger partial charge in [0.2, 0.25) is 0 Å². The van der Waals surface area contributed by atoms with E-state index in [0.29, 0.717) is 0 Å². The summed E-state index contributed by atoms with van der Waals surface area (Å²) in [6.07, 6.45) is -2.26. The molecular formula is C10H15FN2O5. The summed E-state index contributed by atoms with van der Waals surface area (Å²) in [7, 11) is 0. The van der Waals surface area contributed by atoms with Crippen molar-refractivity contribution in [3.8, 4) is 0 Å². The SMILES string of the molecule is CC(O[C@H](CO)[C@@H](O)CF)c1c[nH]c(=O)[nH]c1=O. The molecule has 1 unspecified atom stereocenters. The largest absolute Gasteiger partial charge is 0.394 e. The van der Waals surface area contributed by atoms with Crippen molar-refractivity contribution in [2.75, 3.05) is 13.3 Å². The number of hydrogen-bond donors (Lipinski definition) is 4. The molecule has 8 heteroatoms. The molecule has 0 aromatic carbocycles. The Balaban J connectivity index is 2.84. The summed E-state index contributed by atoms with van der Waals surface area (Å²) < 4.78 is 17.4. The van der Waals surface area contributed by atoms with Crippen LogP contribution in [-0.2, 0) is 4.74 Å². The molecule has 4 N–H and O–H groups in total. The highest BCUT2D eigenvalue weighted by Crippen LogP contribution is 2.15. The standard InChI is InChI=1S/C10H15FN2O5/c1-5(18-8(4-14)7(15)2-11)6-3-12-10(17)13-9(6)16/h3,5,7-8,14-15H,2,4H2,1H3,(H2,12,13,16,17)/t5?,7-,8+/m0/s1. The Morgan fingerprint density at radius 1 is 1.50 bits per heavy atom. The first-order chi connectivity index (χ1) is 8.49. The third-order valence-electron chi connectivity index (χ3n) is 2.43. The van der Waals surface area contributed by atoms with E-state index in [1.807, 2.05) is 4.98 Å². The van der Waals surface area contributed by atoms with Gasteiger partial charge in [0, 0.05) is 6.20 Å². The molecule has 0 spiro atoms. The predicted octanol–water partition coefficient (Wildman–Crippen LogP) is -1.17. The molecule has 1 aromatic heterocycles. The topological polar surface area (TPSA) is 115 Å². The van der Waals surface area contributed by atoms with Crippen LogP contribution < -0.4 is 11.2 Å². The molecule has 1 aromatic rings. The van der Waals surface area contributed by atoms with E-state index in [-0.39, 0.29) is 5.56 Å². The van der Waals surface area contributed by atoms with Crippen molar-refractivity contribution in [1.29, 1.82) is 0 Å². The second-order valence-corrected chi connectivity index (χ2v) is 3.75. The van der Waals surface area contributed by atoms with Crippen LogP contribution in [0.25, 0.3) is 0 Å². The molecule has 1 rings (SSSR count). The van der Waals surface area contributed by atoms with Crippen LogP contribution in [0, 0.1) is 0 Å². The molecular weight excluding hydrogens is 247 g/mol. The molecule has 3 atom stereocenters. The third-order valence-corrected chi connectivity index (χ3v) is 2.43. The van der Waals surface area contributed by atoms with Crippen LogP contribution in [0.1, 0.15) is 18.6 Å². The maximum absolute atomic E-state index is 12.3. The maximum atomic E-state index is 12.3. The van der Waals surface area contributed by atoms with Gasteiger partial charge in [-0.05, 0) is 6.92 Å². The minimum absolute atomic E-state index is 0.110. The van der Waals surface area contributed by atoms with Gasteiger partial charge in [-0.1, -0.05) is 0 Å². The first kappa shape index (κ1) is 14.6. The zero-order valence-electron chi connectivity index (χ0n) is 9.72. The van der Waals surface area contributed by atoms with E-state index in [0.717, 1.165) is 0 Å². The van der Waals surface area contributed by atoms with Gasteiger partial charge in [0.25, 0.3) is 5.56 Å². The van der Waals surface area contributed by atoms with Crippen molar-refractivity contribution in [2.45, 2.75) is 25.2 Å². The Hall–Kier alpha value is -1.51. The molecule has 7 nitrogen and oxygen atoms in total. The van der Waals surface area contributed by atoms with Gasteiger partial charge in [-0.15, -0.1) is 0 Å². The molecule has 0 aliphatic rings. The lowest BCUT2D eigenvalue weighted by Crippen LogP contribution is -2.36.